The fourth-order valence-electron chi connectivity index (χ4n) is 1.52. The van der Waals surface area contributed by atoms with E-state index in [1.54, 1.807) is 28.3 Å². The molecule has 0 spiro atoms. The zero-order valence-electron chi connectivity index (χ0n) is 10.2. The molecular formula is C13H15N3OS. The summed E-state index contributed by atoms with van der Waals surface area (Å²) in [6.07, 6.45) is 7.74. The van der Waals surface area contributed by atoms with Gasteiger partial charge in [-0.3, -0.25) is 9.48 Å². The van der Waals surface area contributed by atoms with Crippen molar-refractivity contribution in [3.05, 3.63) is 46.4 Å². The molecule has 5 heteroatoms. The van der Waals surface area contributed by atoms with Gasteiger partial charge >= 0.3 is 0 Å². The summed E-state index contributed by atoms with van der Waals surface area (Å²) in [5.74, 6) is -0.0737. The van der Waals surface area contributed by atoms with Crippen LogP contribution in [0.25, 0.3) is 6.08 Å². The summed E-state index contributed by atoms with van der Waals surface area (Å²) >= 11 is 1.71. The van der Waals surface area contributed by atoms with Gasteiger partial charge in [0, 0.05) is 36.3 Å². The highest BCUT2D eigenvalue weighted by atomic mass is 32.1. The second-order valence-electron chi connectivity index (χ2n) is 3.90. The van der Waals surface area contributed by atoms with Crippen LogP contribution in [0.15, 0.2) is 36.0 Å². The number of carbonyl (C=O) groups excluding carboxylic acids is 1. The van der Waals surface area contributed by atoms with Crippen LogP contribution in [0.4, 0.5) is 0 Å². The number of thiophene rings is 1. The van der Waals surface area contributed by atoms with Crippen molar-refractivity contribution in [1.29, 1.82) is 0 Å². The Morgan fingerprint density at radius 1 is 1.61 bits per heavy atom. The van der Waals surface area contributed by atoms with Gasteiger partial charge in [0.1, 0.15) is 0 Å². The number of amides is 1. The summed E-state index contributed by atoms with van der Waals surface area (Å²) in [7, 11) is 1.85. The highest BCUT2D eigenvalue weighted by Crippen LogP contribution is 2.08. The van der Waals surface area contributed by atoms with Crippen LogP contribution in [-0.4, -0.2) is 22.2 Å². The lowest BCUT2D eigenvalue weighted by molar-refractivity contribution is -0.116. The first kappa shape index (κ1) is 12.6. The number of aryl methyl sites for hydroxylation is 1. The maximum absolute atomic E-state index is 11.5. The van der Waals surface area contributed by atoms with Crippen molar-refractivity contribution in [1.82, 2.24) is 15.1 Å². The second-order valence-corrected chi connectivity index (χ2v) is 4.93. The number of aromatic nitrogens is 2. The zero-order chi connectivity index (χ0) is 12.8. The Morgan fingerprint density at radius 3 is 3.17 bits per heavy atom. The molecule has 18 heavy (non-hydrogen) atoms. The van der Waals surface area contributed by atoms with E-state index in [4.69, 9.17) is 0 Å². The normalized spacial score (nSPS) is 10.9. The predicted molar refractivity (Wildman–Crippen MR) is 73.3 cm³/mol. The van der Waals surface area contributed by atoms with Gasteiger partial charge in [0.05, 0.1) is 6.20 Å². The number of nitrogens with zero attached hydrogens (tertiary/aromatic N) is 2. The van der Waals surface area contributed by atoms with Crippen LogP contribution in [0.2, 0.25) is 0 Å². The first-order chi connectivity index (χ1) is 8.74. The monoisotopic (exact) mass is 261 g/mol. The quantitative estimate of drug-likeness (QED) is 0.835. The molecule has 2 aromatic rings. The molecule has 2 heterocycles. The summed E-state index contributed by atoms with van der Waals surface area (Å²) < 4.78 is 1.70. The van der Waals surface area contributed by atoms with Gasteiger partial charge in [0.15, 0.2) is 0 Å². The molecule has 1 N–H and O–H groups in total. The van der Waals surface area contributed by atoms with Crippen LogP contribution < -0.4 is 5.32 Å². The minimum Gasteiger partial charge on any atom is -0.352 e. The van der Waals surface area contributed by atoms with E-state index in [1.807, 2.05) is 24.7 Å². The van der Waals surface area contributed by atoms with Gasteiger partial charge in [-0.2, -0.15) is 5.10 Å². The van der Waals surface area contributed by atoms with Gasteiger partial charge < -0.3 is 5.32 Å². The molecule has 4 nitrogen and oxygen atoms in total. The number of nitrogens with one attached hydrogen (secondary N) is 1. The Balaban J connectivity index is 1.73. The Kier molecular flexibility index (Phi) is 4.30. The molecule has 0 saturated carbocycles. The van der Waals surface area contributed by atoms with Crippen molar-refractivity contribution >= 4 is 23.3 Å². The van der Waals surface area contributed by atoms with E-state index < -0.39 is 0 Å². The van der Waals surface area contributed by atoms with Gasteiger partial charge in [0.2, 0.25) is 5.91 Å². The van der Waals surface area contributed by atoms with Crippen molar-refractivity contribution in [3.8, 4) is 0 Å². The zero-order valence-corrected chi connectivity index (χ0v) is 11.0. The first-order valence-corrected chi connectivity index (χ1v) is 6.59. The summed E-state index contributed by atoms with van der Waals surface area (Å²) in [4.78, 5) is 12.8. The van der Waals surface area contributed by atoms with Crippen molar-refractivity contribution in [3.63, 3.8) is 0 Å². The van der Waals surface area contributed by atoms with Crippen molar-refractivity contribution in [2.24, 2.45) is 7.05 Å². The van der Waals surface area contributed by atoms with Crippen molar-refractivity contribution in [2.75, 3.05) is 6.54 Å². The summed E-state index contributed by atoms with van der Waals surface area (Å²) in [5, 5.41) is 8.92. The third kappa shape index (κ3) is 3.85. The number of hydrogen-bond acceptors (Lipinski definition) is 3. The maximum atomic E-state index is 11.5. The molecule has 0 aromatic carbocycles. The molecule has 0 aliphatic rings. The second kappa shape index (κ2) is 6.16. The number of carbonyl (C=O) groups is 1. The molecule has 2 rings (SSSR count). The average Bonchev–Trinajstić information content (AvgIpc) is 2.98. The largest absolute Gasteiger partial charge is 0.352 e. The lowest BCUT2D eigenvalue weighted by atomic mass is 10.3. The molecule has 0 aliphatic heterocycles. The highest BCUT2D eigenvalue weighted by molar-refractivity contribution is 7.09. The Morgan fingerprint density at radius 2 is 2.50 bits per heavy atom. The van der Waals surface area contributed by atoms with Crippen LogP contribution >= 0.6 is 11.3 Å². The minimum atomic E-state index is -0.0737. The molecule has 0 fully saturated rings. The van der Waals surface area contributed by atoms with Crippen LogP contribution in [0.5, 0.6) is 0 Å². The van der Waals surface area contributed by atoms with Gasteiger partial charge in [-0.05, 0) is 23.9 Å². The number of rotatable bonds is 5. The standard InChI is InChI=1S/C13H15N3OS/c1-16-10-11(9-15-16)4-5-13(17)14-7-6-12-3-2-8-18-12/h2-5,8-10H,6-7H2,1H3,(H,14,17)/b5-4+. The molecule has 0 bridgehead atoms. The first-order valence-electron chi connectivity index (χ1n) is 5.71. The van der Waals surface area contributed by atoms with E-state index in [1.165, 1.54) is 11.0 Å². The van der Waals surface area contributed by atoms with E-state index in [2.05, 4.69) is 16.5 Å². The molecule has 2 aromatic heterocycles. The molecule has 0 atom stereocenters. The molecule has 0 unspecified atom stereocenters. The predicted octanol–water partition coefficient (Wildman–Crippen LogP) is 1.85. The van der Waals surface area contributed by atoms with Gasteiger partial charge in [-0.1, -0.05) is 6.07 Å². The van der Waals surface area contributed by atoms with Gasteiger partial charge in [-0.25, -0.2) is 0 Å². The smallest absolute Gasteiger partial charge is 0.244 e. The molecule has 0 radical (unpaired) electrons. The van der Waals surface area contributed by atoms with E-state index in [0.29, 0.717) is 6.54 Å². The van der Waals surface area contributed by atoms with E-state index in [0.717, 1.165) is 12.0 Å². The lowest BCUT2D eigenvalue weighted by Gasteiger charge is -1.99. The van der Waals surface area contributed by atoms with Gasteiger partial charge in [0.25, 0.3) is 0 Å². The summed E-state index contributed by atoms with van der Waals surface area (Å²) in [5.41, 5.74) is 0.922. The minimum absolute atomic E-state index is 0.0737. The summed E-state index contributed by atoms with van der Waals surface area (Å²) in [6.45, 7) is 0.663. The van der Waals surface area contributed by atoms with E-state index in [9.17, 15) is 4.79 Å². The average molecular weight is 261 g/mol. The molecular weight excluding hydrogens is 246 g/mol. The van der Waals surface area contributed by atoms with Crippen LogP contribution in [0, 0.1) is 0 Å². The molecule has 94 valence electrons. The third-order valence-electron chi connectivity index (χ3n) is 2.40. The fraction of sp³-hybridized carbons (Fsp3) is 0.231. The topological polar surface area (TPSA) is 46.9 Å². The van der Waals surface area contributed by atoms with Crippen LogP contribution in [-0.2, 0) is 18.3 Å². The fourth-order valence-corrected chi connectivity index (χ4v) is 2.23. The SMILES string of the molecule is Cn1cc(/C=C/C(=O)NCCc2cccs2)cn1. The van der Waals surface area contributed by atoms with Crippen LogP contribution in [0.3, 0.4) is 0 Å². The number of hydrogen-bond donors (Lipinski definition) is 1. The Labute approximate surface area is 110 Å². The highest BCUT2D eigenvalue weighted by Gasteiger charge is 1.97. The van der Waals surface area contributed by atoms with E-state index in [-0.39, 0.29) is 5.91 Å². The maximum Gasteiger partial charge on any atom is 0.244 e. The molecule has 0 aliphatic carbocycles. The summed E-state index contributed by atoms with van der Waals surface area (Å²) in [6, 6.07) is 4.09. The molecule has 1 amide bonds. The third-order valence-corrected chi connectivity index (χ3v) is 3.34. The Bertz CT molecular complexity index is 528. The van der Waals surface area contributed by atoms with Gasteiger partial charge in [-0.15, -0.1) is 11.3 Å². The van der Waals surface area contributed by atoms with E-state index >= 15 is 0 Å². The van der Waals surface area contributed by atoms with Crippen molar-refractivity contribution < 1.29 is 4.79 Å². The van der Waals surface area contributed by atoms with Crippen molar-refractivity contribution in [2.45, 2.75) is 6.42 Å². The molecule has 0 saturated heterocycles. The Hall–Kier alpha value is -1.88. The lowest BCUT2D eigenvalue weighted by Crippen LogP contribution is -2.23. The van der Waals surface area contributed by atoms with Crippen LogP contribution in [0.1, 0.15) is 10.4 Å².